The van der Waals surface area contributed by atoms with Crippen molar-refractivity contribution in [2.24, 2.45) is 0 Å². The number of halogens is 1. The van der Waals surface area contributed by atoms with Crippen LogP contribution in [0, 0.1) is 5.82 Å². The lowest BCUT2D eigenvalue weighted by Gasteiger charge is -2.17. The number of hydrogen-bond acceptors (Lipinski definition) is 3. The zero-order valence-corrected chi connectivity index (χ0v) is 10.6. The topological polar surface area (TPSA) is 46.2 Å². The smallest absolute Gasteiger partial charge is 0.178 e. The maximum Gasteiger partial charge on any atom is 0.178 e. The highest BCUT2D eigenvalue weighted by Crippen LogP contribution is 2.31. The molecule has 2 rings (SSSR count). The molecular formula is C12H16FNO2S. The van der Waals surface area contributed by atoms with Crippen LogP contribution in [-0.2, 0) is 9.84 Å². The van der Waals surface area contributed by atoms with Crippen molar-refractivity contribution < 1.29 is 12.8 Å². The Balaban J connectivity index is 2.56. The summed E-state index contributed by atoms with van der Waals surface area (Å²) in [6, 6.07) is 3.87. The van der Waals surface area contributed by atoms with Crippen molar-refractivity contribution in [1.82, 2.24) is 5.32 Å². The van der Waals surface area contributed by atoms with E-state index >= 15 is 0 Å². The van der Waals surface area contributed by atoms with Crippen LogP contribution < -0.4 is 5.32 Å². The molecule has 94 valence electrons. The number of sulfone groups is 1. The largest absolute Gasteiger partial charge is 0.310 e. The van der Waals surface area contributed by atoms with Gasteiger partial charge in [0.1, 0.15) is 5.82 Å². The summed E-state index contributed by atoms with van der Waals surface area (Å²) in [6.07, 6.45) is 1.33. The van der Waals surface area contributed by atoms with E-state index in [-0.39, 0.29) is 22.5 Å². The van der Waals surface area contributed by atoms with E-state index in [0.29, 0.717) is 12.0 Å². The molecule has 1 aliphatic heterocycles. The second-order valence-corrected chi connectivity index (χ2v) is 6.33. The first-order chi connectivity index (χ1) is 8.04. The van der Waals surface area contributed by atoms with Gasteiger partial charge < -0.3 is 5.32 Å². The summed E-state index contributed by atoms with van der Waals surface area (Å²) < 4.78 is 37.3. The molecular weight excluding hydrogens is 241 g/mol. The minimum atomic E-state index is -3.25. The van der Waals surface area contributed by atoms with Crippen molar-refractivity contribution in [3.8, 4) is 0 Å². The van der Waals surface area contributed by atoms with Crippen LogP contribution in [0.3, 0.4) is 0 Å². The fraction of sp³-hybridized carbons (Fsp3) is 0.500. The Hall–Kier alpha value is -0.940. The third kappa shape index (κ3) is 2.50. The Morgan fingerprint density at radius 1 is 1.47 bits per heavy atom. The molecule has 0 saturated heterocycles. The highest BCUT2D eigenvalue weighted by atomic mass is 32.2. The van der Waals surface area contributed by atoms with Gasteiger partial charge in [-0.1, -0.05) is 6.92 Å². The van der Waals surface area contributed by atoms with E-state index in [9.17, 15) is 12.8 Å². The predicted molar refractivity (Wildman–Crippen MR) is 64.1 cm³/mol. The standard InChI is InChI=1S/C12H16FNO2S/c1-2-14-11-4-3-7-17(15,16)12-6-5-9(13)8-10(11)12/h5-6,8,11,14H,2-4,7H2,1H3. The summed E-state index contributed by atoms with van der Waals surface area (Å²) >= 11 is 0. The number of nitrogens with one attached hydrogen (secondary N) is 1. The molecule has 1 aromatic carbocycles. The fourth-order valence-corrected chi connectivity index (χ4v) is 3.88. The summed E-state index contributed by atoms with van der Waals surface area (Å²) in [5, 5.41) is 3.21. The van der Waals surface area contributed by atoms with Crippen LogP contribution in [0.4, 0.5) is 4.39 Å². The highest BCUT2D eigenvalue weighted by Gasteiger charge is 2.27. The Kier molecular flexibility index (Phi) is 3.49. The lowest BCUT2D eigenvalue weighted by atomic mass is 10.0. The Morgan fingerprint density at radius 3 is 2.94 bits per heavy atom. The van der Waals surface area contributed by atoms with Crippen LogP contribution in [0.5, 0.6) is 0 Å². The quantitative estimate of drug-likeness (QED) is 0.825. The molecule has 1 atom stereocenters. The molecule has 0 saturated carbocycles. The zero-order valence-electron chi connectivity index (χ0n) is 9.74. The maximum atomic E-state index is 13.3. The molecule has 0 amide bonds. The summed E-state index contributed by atoms with van der Waals surface area (Å²) in [4.78, 5) is 0.280. The molecule has 0 fully saturated rings. The molecule has 1 N–H and O–H groups in total. The molecule has 0 spiro atoms. The van der Waals surface area contributed by atoms with Crippen LogP contribution in [0.1, 0.15) is 31.4 Å². The second kappa shape index (κ2) is 4.74. The average Bonchev–Trinajstić information content (AvgIpc) is 2.37. The SMILES string of the molecule is CCNC1CCCS(=O)(=O)c2ccc(F)cc21. The monoisotopic (exact) mass is 257 g/mol. The Morgan fingerprint density at radius 2 is 2.24 bits per heavy atom. The van der Waals surface area contributed by atoms with Gasteiger partial charge >= 0.3 is 0 Å². The summed E-state index contributed by atoms with van der Waals surface area (Å²) in [6.45, 7) is 2.69. The number of hydrogen-bond donors (Lipinski definition) is 1. The van der Waals surface area contributed by atoms with Gasteiger partial charge in [-0.25, -0.2) is 12.8 Å². The van der Waals surface area contributed by atoms with Crippen molar-refractivity contribution in [2.45, 2.75) is 30.7 Å². The van der Waals surface area contributed by atoms with E-state index in [1.165, 1.54) is 18.2 Å². The number of rotatable bonds is 2. The molecule has 17 heavy (non-hydrogen) atoms. The van der Waals surface area contributed by atoms with E-state index in [0.717, 1.165) is 13.0 Å². The van der Waals surface area contributed by atoms with E-state index in [1.54, 1.807) is 0 Å². The average molecular weight is 257 g/mol. The van der Waals surface area contributed by atoms with Gasteiger partial charge in [0.2, 0.25) is 0 Å². The third-order valence-electron chi connectivity index (χ3n) is 3.04. The minimum Gasteiger partial charge on any atom is -0.310 e. The first-order valence-electron chi connectivity index (χ1n) is 5.80. The second-order valence-electron chi connectivity index (χ2n) is 4.25. The van der Waals surface area contributed by atoms with Crippen LogP contribution in [0.2, 0.25) is 0 Å². The maximum absolute atomic E-state index is 13.3. The number of fused-ring (bicyclic) bond motifs is 1. The van der Waals surface area contributed by atoms with Crippen LogP contribution in [0.15, 0.2) is 23.1 Å². The van der Waals surface area contributed by atoms with Gasteiger partial charge in [0.25, 0.3) is 0 Å². The van der Waals surface area contributed by atoms with Gasteiger partial charge in [-0.2, -0.15) is 0 Å². The summed E-state index contributed by atoms with van der Waals surface area (Å²) in [5.74, 6) is -0.239. The van der Waals surface area contributed by atoms with Crippen LogP contribution in [0.25, 0.3) is 0 Å². The molecule has 3 nitrogen and oxygen atoms in total. The molecule has 0 radical (unpaired) electrons. The van der Waals surface area contributed by atoms with E-state index in [1.807, 2.05) is 6.92 Å². The van der Waals surface area contributed by atoms with Gasteiger partial charge in [0.15, 0.2) is 9.84 Å². The van der Waals surface area contributed by atoms with Crippen LogP contribution in [-0.4, -0.2) is 20.7 Å². The molecule has 1 heterocycles. The van der Waals surface area contributed by atoms with Crippen molar-refractivity contribution in [2.75, 3.05) is 12.3 Å². The molecule has 0 bridgehead atoms. The molecule has 0 aromatic heterocycles. The third-order valence-corrected chi connectivity index (χ3v) is 4.91. The Labute approximate surface area is 101 Å². The molecule has 0 aliphatic carbocycles. The van der Waals surface area contributed by atoms with E-state index < -0.39 is 9.84 Å². The van der Waals surface area contributed by atoms with Gasteiger partial charge in [0.05, 0.1) is 10.6 Å². The first kappa shape index (κ1) is 12.5. The van der Waals surface area contributed by atoms with E-state index in [2.05, 4.69) is 5.32 Å². The lowest BCUT2D eigenvalue weighted by Crippen LogP contribution is -2.21. The zero-order chi connectivity index (χ0) is 12.5. The molecule has 5 heteroatoms. The normalized spacial score (nSPS) is 22.8. The van der Waals surface area contributed by atoms with E-state index in [4.69, 9.17) is 0 Å². The fourth-order valence-electron chi connectivity index (χ4n) is 2.28. The van der Waals surface area contributed by atoms with Crippen molar-refractivity contribution in [3.63, 3.8) is 0 Å². The summed E-state index contributed by atoms with van der Waals surface area (Å²) in [7, 11) is -3.25. The van der Waals surface area contributed by atoms with Crippen molar-refractivity contribution in [1.29, 1.82) is 0 Å². The minimum absolute atomic E-state index is 0.0667. The Bertz CT molecular complexity index is 513. The molecule has 1 aliphatic rings. The van der Waals surface area contributed by atoms with Crippen molar-refractivity contribution >= 4 is 9.84 Å². The number of benzene rings is 1. The highest BCUT2D eigenvalue weighted by molar-refractivity contribution is 7.91. The van der Waals surface area contributed by atoms with Crippen LogP contribution >= 0.6 is 0 Å². The first-order valence-corrected chi connectivity index (χ1v) is 7.45. The van der Waals surface area contributed by atoms with Gasteiger partial charge in [-0.15, -0.1) is 0 Å². The molecule has 1 unspecified atom stereocenters. The lowest BCUT2D eigenvalue weighted by molar-refractivity contribution is 0.504. The summed E-state index contributed by atoms with van der Waals surface area (Å²) in [5.41, 5.74) is 0.573. The predicted octanol–water partition coefficient (Wildman–Crippen LogP) is 2.04. The molecule has 1 aromatic rings. The van der Waals surface area contributed by atoms with Gasteiger partial charge in [-0.05, 0) is 43.1 Å². The van der Waals surface area contributed by atoms with Crippen molar-refractivity contribution in [3.05, 3.63) is 29.6 Å². The van der Waals surface area contributed by atoms with Gasteiger partial charge in [0, 0.05) is 6.04 Å². The van der Waals surface area contributed by atoms with Gasteiger partial charge in [-0.3, -0.25) is 0 Å².